The van der Waals surface area contributed by atoms with E-state index in [0.717, 1.165) is 12.3 Å². The average Bonchev–Trinajstić information content (AvgIpc) is 2.41. The molecule has 8 nitrogen and oxygen atoms in total. The van der Waals surface area contributed by atoms with Crippen LogP contribution in [0.1, 0.15) is 18.4 Å². The molecular formula is C12H15N3O5S. The highest BCUT2D eigenvalue weighted by Crippen LogP contribution is 2.10. The minimum absolute atomic E-state index is 0.0699. The number of aromatic nitrogens is 1. The fourth-order valence-corrected chi connectivity index (χ4v) is 2.46. The third-order valence-electron chi connectivity index (χ3n) is 2.36. The Hall–Kier alpha value is -2.26. The minimum atomic E-state index is -3.77. The number of hydrogen-bond donors (Lipinski definition) is 3. The summed E-state index contributed by atoms with van der Waals surface area (Å²) in [6, 6.07) is 1.29. The number of hydrogen-bond acceptors (Lipinski definition) is 5. The van der Waals surface area contributed by atoms with Gasteiger partial charge in [-0.15, -0.1) is 0 Å². The van der Waals surface area contributed by atoms with Crippen LogP contribution in [-0.4, -0.2) is 36.9 Å². The van der Waals surface area contributed by atoms with Crippen LogP contribution in [-0.2, 0) is 19.6 Å². The van der Waals surface area contributed by atoms with E-state index in [1.54, 1.807) is 0 Å². The van der Waals surface area contributed by atoms with E-state index in [9.17, 15) is 18.0 Å². The predicted octanol–water partition coefficient (Wildman–Crippen LogP) is -0.277. The van der Waals surface area contributed by atoms with Crippen molar-refractivity contribution in [3.8, 4) is 0 Å². The Bertz CT molecular complexity index is 655. The standard InChI is InChI=1S/C12H15N3O5S/c13-11(16)2-1-5-15-21(19,20)10-6-9(7-14-8-10)3-4-12(17)18/h3-4,6-8,15H,1-2,5H2,(H2,13,16)(H,17,18). The summed E-state index contributed by atoms with van der Waals surface area (Å²) in [5.41, 5.74) is 5.29. The number of pyridine rings is 1. The van der Waals surface area contributed by atoms with Crippen molar-refractivity contribution in [1.82, 2.24) is 9.71 Å². The van der Waals surface area contributed by atoms with E-state index < -0.39 is 21.9 Å². The molecule has 0 aliphatic rings. The molecule has 4 N–H and O–H groups in total. The summed E-state index contributed by atoms with van der Waals surface area (Å²) >= 11 is 0. The molecular weight excluding hydrogens is 298 g/mol. The molecule has 1 amide bonds. The Morgan fingerprint density at radius 3 is 2.71 bits per heavy atom. The number of carbonyl (C=O) groups is 2. The van der Waals surface area contributed by atoms with Gasteiger partial charge in [0.05, 0.1) is 0 Å². The predicted molar refractivity (Wildman–Crippen MR) is 74.5 cm³/mol. The summed E-state index contributed by atoms with van der Waals surface area (Å²) in [5, 5.41) is 8.52. The van der Waals surface area contributed by atoms with Gasteiger partial charge in [0.15, 0.2) is 0 Å². The molecule has 0 aliphatic heterocycles. The number of carboxylic acid groups (broad SMARTS) is 1. The third kappa shape index (κ3) is 6.15. The molecule has 0 fully saturated rings. The van der Waals surface area contributed by atoms with E-state index in [1.165, 1.54) is 18.3 Å². The van der Waals surface area contributed by atoms with Crippen molar-refractivity contribution in [1.29, 1.82) is 0 Å². The van der Waals surface area contributed by atoms with Crippen LogP contribution in [0.5, 0.6) is 0 Å². The van der Waals surface area contributed by atoms with Crippen molar-refractivity contribution >= 4 is 28.0 Å². The third-order valence-corrected chi connectivity index (χ3v) is 3.78. The number of primary amides is 1. The van der Waals surface area contributed by atoms with E-state index in [4.69, 9.17) is 10.8 Å². The van der Waals surface area contributed by atoms with Gasteiger partial charge in [0.2, 0.25) is 15.9 Å². The molecule has 1 aromatic rings. The van der Waals surface area contributed by atoms with Crippen LogP contribution >= 0.6 is 0 Å². The number of amides is 1. The minimum Gasteiger partial charge on any atom is -0.478 e. The lowest BCUT2D eigenvalue weighted by atomic mass is 10.2. The Kier molecular flexibility index (Phi) is 6.00. The van der Waals surface area contributed by atoms with Gasteiger partial charge >= 0.3 is 5.97 Å². The van der Waals surface area contributed by atoms with Crippen LogP contribution in [0, 0.1) is 0 Å². The molecule has 0 radical (unpaired) electrons. The molecule has 0 saturated heterocycles. The Labute approximate surface area is 121 Å². The highest BCUT2D eigenvalue weighted by atomic mass is 32.2. The monoisotopic (exact) mass is 313 g/mol. The number of sulfonamides is 1. The zero-order valence-corrected chi connectivity index (χ0v) is 11.8. The second kappa shape index (κ2) is 7.50. The summed E-state index contributed by atoms with van der Waals surface area (Å²) in [7, 11) is -3.77. The number of carboxylic acids is 1. The van der Waals surface area contributed by atoms with Crippen LogP contribution in [0.15, 0.2) is 29.4 Å². The molecule has 9 heteroatoms. The Balaban J connectivity index is 2.76. The maximum absolute atomic E-state index is 12.0. The number of nitrogens with one attached hydrogen (secondary N) is 1. The van der Waals surface area contributed by atoms with Gasteiger partial charge < -0.3 is 10.8 Å². The van der Waals surface area contributed by atoms with Crippen molar-refractivity contribution in [2.45, 2.75) is 17.7 Å². The molecule has 1 rings (SSSR count). The summed E-state index contributed by atoms with van der Waals surface area (Å²) in [4.78, 5) is 24.6. The first-order valence-corrected chi connectivity index (χ1v) is 7.43. The smallest absolute Gasteiger partial charge is 0.328 e. The number of nitrogens with zero attached hydrogens (tertiary/aromatic N) is 1. The molecule has 0 bridgehead atoms. The van der Waals surface area contributed by atoms with E-state index in [-0.39, 0.29) is 17.9 Å². The van der Waals surface area contributed by atoms with Crippen LogP contribution in [0.2, 0.25) is 0 Å². The second-order valence-electron chi connectivity index (χ2n) is 4.09. The van der Waals surface area contributed by atoms with Gasteiger partial charge in [0.1, 0.15) is 4.90 Å². The van der Waals surface area contributed by atoms with E-state index in [0.29, 0.717) is 12.0 Å². The largest absolute Gasteiger partial charge is 0.478 e. The fraction of sp³-hybridized carbons (Fsp3) is 0.250. The maximum atomic E-state index is 12.0. The summed E-state index contributed by atoms with van der Waals surface area (Å²) in [6.45, 7) is 0.0699. The molecule has 1 aromatic heterocycles. The lowest BCUT2D eigenvalue weighted by Crippen LogP contribution is -2.26. The molecule has 0 saturated carbocycles. The second-order valence-corrected chi connectivity index (χ2v) is 5.86. The molecule has 0 aliphatic carbocycles. The first-order valence-electron chi connectivity index (χ1n) is 5.95. The van der Waals surface area contributed by atoms with Gasteiger partial charge in [-0.2, -0.15) is 0 Å². The molecule has 1 heterocycles. The zero-order chi connectivity index (χ0) is 15.9. The van der Waals surface area contributed by atoms with Gasteiger partial charge in [0, 0.05) is 31.4 Å². The Morgan fingerprint density at radius 1 is 1.38 bits per heavy atom. The van der Waals surface area contributed by atoms with Crippen LogP contribution in [0.3, 0.4) is 0 Å². The summed E-state index contributed by atoms with van der Waals surface area (Å²) < 4.78 is 26.2. The van der Waals surface area contributed by atoms with Crippen LogP contribution in [0.4, 0.5) is 0 Å². The molecule has 0 spiro atoms. The van der Waals surface area contributed by atoms with Crippen molar-refractivity contribution in [2.24, 2.45) is 5.73 Å². The lowest BCUT2D eigenvalue weighted by molar-refractivity contribution is -0.131. The number of rotatable bonds is 8. The summed E-state index contributed by atoms with van der Waals surface area (Å²) in [5.74, 6) is -1.65. The van der Waals surface area contributed by atoms with Crippen molar-refractivity contribution in [2.75, 3.05) is 6.54 Å². The SMILES string of the molecule is NC(=O)CCCNS(=O)(=O)c1cncc(C=CC(=O)O)c1. The quantitative estimate of drug-likeness (QED) is 0.445. The zero-order valence-electron chi connectivity index (χ0n) is 11.0. The summed E-state index contributed by atoms with van der Waals surface area (Å²) in [6.07, 6.45) is 4.98. The van der Waals surface area contributed by atoms with Crippen molar-refractivity contribution in [3.63, 3.8) is 0 Å². The number of nitrogens with two attached hydrogens (primary N) is 1. The van der Waals surface area contributed by atoms with E-state index in [1.807, 2.05) is 0 Å². The van der Waals surface area contributed by atoms with Gasteiger partial charge in [-0.1, -0.05) is 0 Å². The van der Waals surface area contributed by atoms with Gasteiger partial charge in [-0.3, -0.25) is 9.78 Å². The van der Waals surface area contributed by atoms with Gasteiger partial charge in [0.25, 0.3) is 0 Å². The maximum Gasteiger partial charge on any atom is 0.328 e. The van der Waals surface area contributed by atoms with E-state index >= 15 is 0 Å². The molecule has 0 unspecified atom stereocenters. The molecule has 114 valence electrons. The Morgan fingerprint density at radius 2 is 2.10 bits per heavy atom. The van der Waals surface area contributed by atoms with Crippen LogP contribution in [0.25, 0.3) is 6.08 Å². The van der Waals surface area contributed by atoms with Crippen LogP contribution < -0.4 is 10.5 Å². The molecule has 0 atom stereocenters. The fourth-order valence-electron chi connectivity index (χ4n) is 1.39. The molecule has 21 heavy (non-hydrogen) atoms. The van der Waals surface area contributed by atoms with Crippen molar-refractivity contribution in [3.05, 3.63) is 30.1 Å². The average molecular weight is 313 g/mol. The van der Waals surface area contributed by atoms with Gasteiger partial charge in [-0.05, 0) is 24.1 Å². The molecule has 0 aromatic carbocycles. The lowest BCUT2D eigenvalue weighted by Gasteiger charge is -2.06. The van der Waals surface area contributed by atoms with Gasteiger partial charge in [-0.25, -0.2) is 17.9 Å². The van der Waals surface area contributed by atoms with E-state index in [2.05, 4.69) is 9.71 Å². The number of carbonyl (C=O) groups excluding carboxylic acids is 1. The topological polar surface area (TPSA) is 139 Å². The first kappa shape index (κ1) is 16.8. The number of aliphatic carboxylic acids is 1. The highest BCUT2D eigenvalue weighted by molar-refractivity contribution is 7.89. The normalized spacial score (nSPS) is 11.6. The van der Waals surface area contributed by atoms with Crippen molar-refractivity contribution < 1.29 is 23.1 Å². The highest BCUT2D eigenvalue weighted by Gasteiger charge is 2.14. The first-order chi connectivity index (χ1) is 9.81.